The molecular weight excluding hydrogens is 192 g/mol. The minimum absolute atomic E-state index is 0.265. The molecule has 2 unspecified atom stereocenters. The molecule has 0 aliphatic heterocycles. The first kappa shape index (κ1) is 14.1. The third-order valence-electron chi connectivity index (χ3n) is 2.62. The van der Waals surface area contributed by atoms with Crippen LogP contribution >= 0.6 is 0 Å². The van der Waals surface area contributed by atoms with Gasteiger partial charge in [0, 0.05) is 0 Å². The lowest BCUT2D eigenvalue weighted by Gasteiger charge is -2.28. The van der Waals surface area contributed by atoms with Crippen LogP contribution < -0.4 is 0 Å². The fraction of sp³-hybridized carbons (Fsp3) is 0.833. The number of carbonyl (C=O) groups is 2. The highest BCUT2D eigenvalue weighted by Gasteiger charge is 2.34. The Bertz CT molecular complexity index is 223. The molecule has 0 rings (SSSR count). The minimum Gasteiger partial charge on any atom is -0.455 e. The fourth-order valence-corrected chi connectivity index (χ4v) is 1.61. The zero-order valence-electron chi connectivity index (χ0n) is 10.4. The second-order valence-corrected chi connectivity index (χ2v) is 4.76. The lowest BCUT2D eigenvalue weighted by Crippen LogP contribution is -2.33. The topological polar surface area (TPSA) is 43.4 Å². The van der Waals surface area contributed by atoms with Crippen LogP contribution in [0.2, 0.25) is 0 Å². The Kier molecular flexibility index (Phi) is 5.55. The number of rotatable bonds is 6. The standard InChI is InChI=1S/C12H22O3/c1-6-12(5,7-9(2)3)11(14)15-10(4)8-13/h8-10H,6-7H2,1-5H3. The molecular formula is C12H22O3. The van der Waals surface area contributed by atoms with E-state index in [0.29, 0.717) is 12.2 Å². The molecule has 0 aromatic rings. The van der Waals surface area contributed by atoms with E-state index in [1.807, 2.05) is 13.8 Å². The first-order valence-corrected chi connectivity index (χ1v) is 5.52. The Balaban J connectivity index is 4.50. The smallest absolute Gasteiger partial charge is 0.312 e. The first-order chi connectivity index (χ1) is 6.85. The van der Waals surface area contributed by atoms with Crippen molar-refractivity contribution in [3.63, 3.8) is 0 Å². The molecule has 0 N–H and O–H groups in total. The van der Waals surface area contributed by atoms with Gasteiger partial charge in [-0.25, -0.2) is 0 Å². The summed E-state index contributed by atoms with van der Waals surface area (Å²) in [5.41, 5.74) is -0.467. The van der Waals surface area contributed by atoms with Gasteiger partial charge in [-0.05, 0) is 32.6 Å². The van der Waals surface area contributed by atoms with E-state index >= 15 is 0 Å². The number of aldehydes is 1. The van der Waals surface area contributed by atoms with Crippen LogP contribution in [0.1, 0.15) is 47.5 Å². The summed E-state index contributed by atoms with van der Waals surface area (Å²) in [6.07, 6.45) is 1.52. The molecule has 3 nitrogen and oxygen atoms in total. The third-order valence-corrected chi connectivity index (χ3v) is 2.62. The van der Waals surface area contributed by atoms with Crippen LogP contribution in [0.15, 0.2) is 0 Å². The summed E-state index contributed by atoms with van der Waals surface area (Å²) < 4.78 is 5.05. The molecule has 0 aromatic carbocycles. The van der Waals surface area contributed by atoms with Crippen LogP contribution in [0.4, 0.5) is 0 Å². The summed E-state index contributed by atoms with van der Waals surface area (Å²) in [7, 11) is 0. The van der Waals surface area contributed by atoms with E-state index in [9.17, 15) is 9.59 Å². The van der Waals surface area contributed by atoms with Crippen molar-refractivity contribution in [3.05, 3.63) is 0 Å². The van der Waals surface area contributed by atoms with E-state index in [0.717, 1.165) is 12.8 Å². The van der Waals surface area contributed by atoms with E-state index in [1.54, 1.807) is 6.92 Å². The number of esters is 1. The highest BCUT2D eigenvalue weighted by molar-refractivity contribution is 5.78. The van der Waals surface area contributed by atoms with Gasteiger partial charge in [0.15, 0.2) is 12.4 Å². The van der Waals surface area contributed by atoms with Crippen LogP contribution in [0.3, 0.4) is 0 Å². The maximum atomic E-state index is 11.8. The molecule has 0 fully saturated rings. The normalized spacial score (nSPS) is 16.9. The van der Waals surface area contributed by atoms with E-state index in [1.165, 1.54) is 0 Å². The quantitative estimate of drug-likeness (QED) is 0.504. The van der Waals surface area contributed by atoms with Crippen LogP contribution in [-0.4, -0.2) is 18.4 Å². The zero-order chi connectivity index (χ0) is 12.1. The summed E-state index contributed by atoms with van der Waals surface area (Å²) >= 11 is 0. The van der Waals surface area contributed by atoms with Gasteiger partial charge in [0.05, 0.1) is 5.41 Å². The van der Waals surface area contributed by atoms with Crippen LogP contribution in [0.5, 0.6) is 0 Å². The zero-order valence-corrected chi connectivity index (χ0v) is 10.4. The van der Waals surface area contributed by atoms with Gasteiger partial charge < -0.3 is 4.74 Å². The first-order valence-electron chi connectivity index (χ1n) is 5.52. The molecule has 0 saturated heterocycles. The molecule has 0 amide bonds. The van der Waals surface area contributed by atoms with Crippen LogP contribution in [-0.2, 0) is 14.3 Å². The van der Waals surface area contributed by atoms with E-state index in [4.69, 9.17) is 4.74 Å². The Morgan fingerprint density at radius 3 is 2.27 bits per heavy atom. The van der Waals surface area contributed by atoms with Crippen molar-refractivity contribution in [2.45, 2.75) is 53.6 Å². The van der Waals surface area contributed by atoms with Crippen LogP contribution in [0, 0.1) is 11.3 Å². The fourth-order valence-electron chi connectivity index (χ4n) is 1.61. The molecule has 3 heteroatoms. The van der Waals surface area contributed by atoms with Gasteiger partial charge in [0.1, 0.15) is 0 Å². The summed E-state index contributed by atoms with van der Waals surface area (Å²) in [6, 6.07) is 0. The molecule has 15 heavy (non-hydrogen) atoms. The molecule has 2 atom stereocenters. The van der Waals surface area contributed by atoms with Gasteiger partial charge in [-0.15, -0.1) is 0 Å². The van der Waals surface area contributed by atoms with Crippen molar-refractivity contribution < 1.29 is 14.3 Å². The maximum absolute atomic E-state index is 11.8. The summed E-state index contributed by atoms with van der Waals surface area (Å²) in [5.74, 6) is 0.173. The van der Waals surface area contributed by atoms with Gasteiger partial charge >= 0.3 is 5.97 Å². The number of carbonyl (C=O) groups excluding carboxylic acids is 2. The Morgan fingerprint density at radius 1 is 1.40 bits per heavy atom. The second kappa shape index (κ2) is 5.89. The molecule has 0 heterocycles. The Morgan fingerprint density at radius 2 is 1.93 bits per heavy atom. The molecule has 0 bridgehead atoms. The molecule has 0 aliphatic carbocycles. The monoisotopic (exact) mass is 214 g/mol. The van der Waals surface area contributed by atoms with E-state index in [-0.39, 0.29) is 5.97 Å². The molecule has 0 radical (unpaired) electrons. The highest BCUT2D eigenvalue weighted by Crippen LogP contribution is 2.31. The van der Waals surface area contributed by atoms with Gasteiger partial charge in [0.25, 0.3) is 0 Å². The van der Waals surface area contributed by atoms with Crippen molar-refractivity contribution in [1.29, 1.82) is 0 Å². The Labute approximate surface area is 92.2 Å². The largest absolute Gasteiger partial charge is 0.455 e. The number of hydrogen-bond acceptors (Lipinski definition) is 3. The average molecular weight is 214 g/mol. The summed E-state index contributed by atoms with van der Waals surface area (Å²) in [5, 5.41) is 0. The highest BCUT2D eigenvalue weighted by atomic mass is 16.5. The van der Waals surface area contributed by atoms with E-state index < -0.39 is 11.5 Å². The summed E-state index contributed by atoms with van der Waals surface area (Å²) in [6.45, 7) is 9.59. The van der Waals surface area contributed by atoms with Crippen molar-refractivity contribution in [2.24, 2.45) is 11.3 Å². The Hall–Kier alpha value is -0.860. The van der Waals surface area contributed by atoms with Gasteiger partial charge in [-0.2, -0.15) is 0 Å². The maximum Gasteiger partial charge on any atom is 0.312 e. The molecule has 0 saturated carbocycles. The van der Waals surface area contributed by atoms with Crippen molar-refractivity contribution in [3.8, 4) is 0 Å². The van der Waals surface area contributed by atoms with Gasteiger partial charge in [0.2, 0.25) is 0 Å². The predicted octanol–water partition coefficient (Wildman–Crippen LogP) is 2.58. The van der Waals surface area contributed by atoms with Crippen molar-refractivity contribution in [2.75, 3.05) is 0 Å². The average Bonchev–Trinajstić information content (AvgIpc) is 2.16. The lowest BCUT2D eigenvalue weighted by molar-refractivity contribution is -0.162. The van der Waals surface area contributed by atoms with E-state index in [2.05, 4.69) is 13.8 Å². The van der Waals surface area contributed by atoms with Gasteiger partial charge in [-0.1, -0.05) is 20.8 Å². The predicted molar refractivity (Wildman–Crippen MR) is 59.5 cm³/mol. The number of hydrogen-bond donors (Lipinski definition) is 0. The molecule has 0 spiro atoms. The second-order valence-electron chi connectivity index (χ2n) is 4.76. The minimum atomic E-state index is -0.643. The SMILES string of the molecule is CCC(C)(CC(C)C)C(=O)OC(C)C=O. The third kappa shape index (κ3) is 4.45. The van der Waals surface area contributed by atoms with Gasteiger partial charge in [-0.3, -0.25) is 9.59 Å². The van der Waals surface area contributed by atoms with Crippen molar-refractivity contribution >= 4 is 12.3 Å². The van der Waals surface area contributed by atoms with Crippen molar-refractivity contribution in [1.82, 2.24) is 0 Å². The molecule has 88 valence electrons. The molecule has 0 aliphatic rings. The molecule has 0 aromatic heterocycles. The lowest BCUT2D eigenvalue weighted by atomic mass is 9.80. The van der Waals surface area contributed by atoms with Crippen LogP contribution in [0.25, 0.3) is 0 Å². The summed E-state index contributed by atoms with van der Waals surface area (Å²) in [4.78, 5) is 22.2. The number of ether oxygens (including phenoxy) is 1.